The molecule has 11 heavy (non-hydrogen) atoms. The van der Waals surface area contributed by atoms with Crippen LogP contribution in [0.4, 0.5) is 0 Å². The summed E-state index contributed by atoms with van der Waals surface area (Å²) in [5, 5.41) is 3.80. The van der Waals surface area contributed by atoms with Crippen LogP contribution in [0.3, 0.4) is 0 Å². The molecule has 0 saturated heterocycles. The number of allylic oxidation sites excluding steroid dienone is 3. The number of halogens is 1. The van der Waals surface area contributed by atoms with E-state index in [1.807, 2.05) is 24.6 Å². The molecule has 0 amide bonds. The molecule has 56 valence electrons. The van der Waals surface area contributed by atoms with Crippen molar-refractivity contribution in [3.63, 3.8) is 0 Å². The minimum absolute atomic E-state index is 0.277. The molecule has 1 unspecified atom stereocenters. The van der Waals surface area contributed by atoms with Gasteiger partial charge >= 0.3 is 0 Å². The maximum absolute atomic E-state index is 5.84. The van der Waals surface area contributed by atoms with Crippen LogP contribution in [0.1, 0.15) is 0 Å². The summed E-state index contributed by atoms with van der Waals surface area (Å²) in [6, 6.07) is 0.277. The molecule has 0 fully saturated rings. The molecule has 1 aliphatic carbocycles. The number of fused-ring (bicyclic) bond motifs is 1. The van der Waals surface area contributed by atoms with Crippen LogP contribution in [0.25, 0.3) is 0 Å². The van der Waals surface area contributed by atoms with Crippen molar-refractivity contribution in [1.82, 2.24) is 5.32 Å². The lowest BCUT2D eigenvalue weighted by Crippen LogP contribution is -2.78. The minimum atomic E-state index is 0.277. The average Bonchev–Trinajstić information content (AvgIpc) is 2.12. The quantitative estimate of drug-likeness (QED) is 0.507. The second-order valence-electron chi connectivity index (χ2n) is 2.49. The van der Waals surface area contributed by atoms with E-state index in [0.29, 0.717) is 0 Å². The number of hydrogen-bond donors (Lipinski definition) is 2. The zero-order valence-corrected chi connectivity index (χ0v) is 6.60. The van der Waals surface area contributed by atoms with E-state index in [1.165, 1.54) is 0 Å². The van der Waals surface area contributed by atoms with Crippen LogP contribution >= 0.6 is 11.6 Å². The third-order valence-corrected chi connectivity index (χ3v) is 1.87. The van der Waals surface area contributed by atoms with Crippen LogP contribution in [0.2, 0.25) is 0 Å². The van der Waals surface area contributed by atoms with Gasteiger partial charge in [-0.3, -0.25) is 4.99 Å². The van der Waals surface area contributed by atoms with Crippen molar-refractivity contribution in [2.75, 3.05) is 0 Å². The highest BCUT2D eigenvalue weighted by Gasteiger charge is 2.12. The molecule has 0 aromatic rings. The smallest absolute Gasteiger partial charge is 0.235 e. The van der Waals surface area contributed by atoms with Crippen molar-refractivity contribution >= 4 is 17.9 Å². The molecule has 1 aliphatic heterocycles. The van der Waals surface area contributed by atoms with Crippen LogP contribution < -0.4 is 10.3 Å². The first-order chi connectivity index (χ1) is 5.34. The number of nitrogens with one attached hydrogen (secondary N) is 2. The predicted octanol–water partition coefficient (Wildman–Crippen LogP) is -0.356. The summed E-state index contributed by atoms with van der Waals surface area (Å²) in [6.45, 7) is 0. The van der Waals surface area contributed by atoms with Gasteiger partial charge in [0.1, 0.15) is 11.7 Å². The van der Waals surface area contributed by atoms with Crippen LogP contribution in [-0.4, -0.2) is 12.4 Å². The molecular weight excluding hydrogens is 160 g/mol. The Morgan fingerprint density at radius 3 is 3.36 bits per heavy atom. The van der Waals surface area contributed by atoms with E-state index in [2.05, 4.69) is 16.4 Å². The molecule has 2 aliphatic rings. The van der Waals surface area contributed by atoms with Crippen LogP contribution in [0, 0.1) is 0 Å². The van der Waals surface area contributed by atoms with Crippen LogP contribution in [0.5, 0.6) is 0 Å². The maximum atomic E-state index is 5.84. The Labute approximate surface area is 70.0 Å². The fraction of sp³-hybridized carbons (Fsp3) is 0.125. The zero-order valence-electron chi connectivity index (χ0n) is 5.84. The minimum Gasteiger partial charge on any atom is -0.271 e. The van der Waals surface area contributed by atoms with Crippen LogP contribution in [-0.2, 0) is 0 Å². The van der Waals surface area contributed by atoms with Gasteiger partial charge in [0.2, 0.25) is 6.34 Å². The molecule has 0 aromatic heterocycles. The second-order valence-corrected chi connectivity index (χ2v) is 2.93. The lowest BCUT2D eigenvalue weighted by molar-refractivity contribution is -0.473. The van der Waals surface area contributed by atoms with Gasteiger partial charge in [-0.25, -0.2) is 5.32 Å². The second kappa shape index (κ2) is 2.55. The van der Waals surface area contributed by atoms with Gasteiger partial charge in [-0.05, 0) is 12.2 Å². The maximum Gasteiger partial charge on any atom is 0.235 e. The first-order valence-electron chi connectivity index (χ1n) is 3.46. The molecule has 2 nitrogen and oxygen atoms in total. The van der Waals surface area contributed by atoms with E-state index < -0.39 is 0 Å². The third-order valence-electron chi connectivity index (χ3n) is 1.63. The summed E-state index contributed by atoms with van der Waals surface area (Å²) < 4.78 is 0. The molecule has 1 heterocycles. The van der Waals surface area contributed by atoms with Gasteiger partial charge in [-0.1, -0.05) is 11.6 Å². The van der Waals surface area contributed by atoms with Gasteiger partial charge in [-0.15, -0.1) is 0 Å². The average molecular weight is 168 g/mol. The van der Waals surface area contributed by atoms with Crippen LogP contribution in [0.15, 0.2) is 35.0 Å². The van der Waals surface area contributed by atoms with Crippen molar-refractivity contribution in [3.05, 3.63) is 35.0 Å². The van der Waals surface area contributed by atoms with Gasteiger partial charge in [0, 0.05) is 17.2 Å². The largest absolute Gasteiger partial charge is 0.271 e. The Balaban J connectivity index is 2.37. The summed E-state index contributed by atoms with van der Waals surface area (Å²) in [7, 11) is 0. The Kier molecular flexibility index (Phi) is 1.55. The molecule has 2 bridgehead atoms. The highest BCUT2D eigenvalue weighted by molar-refractivity contribution is 6.31. The summed E-state index contributed by atoms with van der Waals surface area (Å²) >= 11 is 5.84. The van der Waals surface area contributed by atoms with Crippen molar-refractivity contribution in [2.45, 2.75) is 6.04 Å². The van der Waals surface area contributed by atoms with Gasteiger partial charge in [0.05, 0.1) is 0 Å². The lowest BCUT2D eigenvalue weighted by Gasteiger charge is -2.03. The number of hydrogen-bond acceptors (Lipinski definition) is 1. The highest BCUT2D eigenvalue weighted by atomic mass is 35.5. The molecule has 0 spiro atoms. The van der Waals surface area contributed by atoms with Crippen molar-refractivity contribution in [2.24, 2.45) is 0 Å². The molecular formula is C8H8ClN2+. The predicted molar refractivity (Wildman–Crippen MR) is 45.1 cm³/mol. The molecule has 3 heteroatoms. The topological polar surface area (TPSA) is 26.0 Å². The lowest BCUT2D eigenvalue weighted by atomic mass is 10.2. The first kappa shape index (κ1) is 6.68. The molecule has 0 aromatic carbocycles. The first-order valence-corrected chi connectivity index (χ1v) is 3.84. The molecule has 2 rings (SSSR count). The molecule has 0 saturated carbocycles. The Morgan fingerprint density at radius 2 is 2.45 bits per heavy atom. The normalized spacial score (nSPS) is 26.8. The summed E-state index contributed by atoms with van der Waals surface area (Å²) in [6.07, 6.45) is 9.70. The van der Waals surface area contributed by atoms with Crippen molar-refractivity contribution in [3.8, 4) is 0 Å². The van der Waals surface area contributed by atoms with Crippen molar-refractivity contribution in [1.29, 1.82) is 0 Å². The Bertz CT molecular complexity index is 286. The fourth-order valence-corrected chi connectivity index (χ4v) is 1.29. The monoisotopic (exact) mass is 167 g/mol. The molecule has 2 N–H and O–H groups in total. The third kappa shape index (κ3) is 1.35. The van der Waals surface area contributed by atoms with Crippen molar-refractivity contribution < 1.29 is 4.99 Å². The standard InChI is InChI=1S/C8H7ClN2/c9-6-1-2-7-4-8(3-6)11-5-10-7/h1-5,7H,(H,10,11)/p+1. The van der Waals surface area contributed by atoms with E-state index >= 15 is 0 Å². The summed E-state index contributed by atoms with van der Waals surface area (Å²) in [5.41, 5.74) is 1.05. The molecule has 1 atom stereocenters. The van der Waals surface area contributed by atoms with E-state index in [1.54, 1.807) is 0 Å². The highest BCUT2D eigenvalue weighted by Crippen LogP contribution is 2.11. The van der Waals surface area contributed by atoms with E-state index in [0.717, 1.165) is 10.7 Å². The summed E-state index contributed by atoms with van der Waals surface area (Å²) in [4.78, 5) is 3.12. The zero-order chi connectivity index (χ0) is 7.68. The van der Waals surface area contributed by atoms with Gasteiger partial charge in [-0.2, -0.15) is 0 Å². The SMILES string of the molecule is ClC1=CC2=CC(C=C1)[NH+]=CN2. The Hall–Kier alpha value is -1.02. The Morgan fingerprint density at radius 1 is 1.55 bits per heavy atom. The van der Waals surface area contributed by atoms with E-state index in [-0.39, 0.29) is 6.04 Å². The van der Waals surface area contributed by atoms with Gasteiger partial charge in [0.15, 0.2) is 0 Å². The van der Waals surface area contributed by atoms with Gasteiger partial charge < -0.3 is 0 Å². The fourth-order valence-electron chi connectivity index (χ4n) is 1.10. The van der Waals surface area contributed by atoms with E-state index in [9.17, 15) is 0 Å². The number of rotatable bonds is 0. The molecule has 0 radical (unpaired) electrons. The summed E-state index contributed by atoms with van der Waals surface area (Å²) in [5.74, 6) is 0. The van der Waals surface area contributed by atoms with Gasteiger partial charge in [0.25, 0.3) is 0 Å². The van der Waals surface area contributed by atoms with E-state index in [4.69, 9.17) is 11.6 Å².